The van der Waals surface area contributed by atoms with Gasteiger partial charge in [-0.2, -0.15) is 0 Å². The second-order valence-corrected chi connectivity index (χ2v) is 6.60. The van der Waals surface area contributed by atoms with E-state index in [-0.39, 0.29) is 5.41 Å². The van der Waals surface area contributed by atoms with Crippen molar-refractivity contribution in [3.05, 3.63) is 59.7 Å². The molecule has 2 nitrogen and oxygen atoms in total. The van der Waals surface area contributed by atoms with Crippen LogP contribution in [0.25, 0.3) is 0 Å². The summed E-state index contributed by atoms with van der Waals surface area (Å²) in [5.41, 5.74) is 4.02. The minimum Gasteiger partial charge on any atom is -0.492 e. The van der Waals surface area contributed by atoms with Crippen molar-refractivity contribution in [2.75, 3.05) is 18.5 Å². The molecule has 0 heterocycles. The average Bonchev–Trinajstić information content (AvgIpc) is 2.52. The zero-order valence-corrected chi connectivity index (χ0v) is 14.1. The van der Waals surface area contributed by atoms with E-state index in [2.05, 4.69) is 81.5 Å². The fourth-order valence-corrected chi connectivity index (χ4v) is 2.27. The first-order chi connectivity index (χ1) is 10.5. The highest BCUT2D eigenvalue weighted by Gasteiger charge is 2.12. The molecule has 22 heavy (non-hydrogen) atoms. The number of nitrogens with one attached hydrogen (secondary N) is 1. The summed E-state index contributed by atoms with van der Waals surface area (Å²) in [6.07, 6.45) is 1.08. The van der Waals surface area contributed by atoms with Crippen LogP contribution < -0.4 is 10.1 Å². The van der Waals surface area contributed by atoms with Crippen LogP contribution in [0.2, 0.25) is 0 Å². The smallest absolute Gasteiger partial charge is 0.119 e. The Kier molecular flexibility index (Phi) is 5.48. The molecular formula is C20H27NO. The summed E-state index contributed by atoms with van der Waals surface area (Å²) in [6, 6.07) is 17.0. The third-order valence-electron chi connectivity index (χ3n) is 3.78. The highest BCUT2D eigenvalue weighted by molar-refractivity contribution is 5.44. The predicted molar refractivity (Wildman–Crippen MR) is 94.9 cm³/mol. The summed E-state index contributed by atoms with van der Waals surface area (Å²) >= 11 is 0. The zero-order valence-electron chi connectivity index (χ0n) is 14.1. The van der Waals surface area contributed by atoms with Crippen LogP contribution in [0.4, 0.5) is 5.69 Å². The first-order valence-corrected chi connectivity index (χ1v) is 8.05. The molecule has 0 saturated carbocycles. The fraction of sp³-hybridized carbons (Fsp3) is 0.400. The average molecular weight is 297 g/mol. The Hall–Kier alpha value is -1.96. The second-order valence-electron chi connectivity index (χ2n) is 6.60. The minimum absolute atomic E-state index is 0.185. The van der Waals surface area contributed by atoms with E-state index in [1.54, 1.807) is 0 Å². The first-order valence-electron chi connectivity index (χ1n) is 8.05. The van der Waals surface area contributed by atoms with E-state index in [1.807, 2.05) is 0 Å². The van der Waals surface area contributed by atoms with Gasteiger partial charge >= 0.3 is 0 Å². The van der Waals surface area contributed by atoms with Crippen LogP contribution in [0.1, 0.15) is 38.8 Å². The number of anilines is 1. The van der Waals surface area contributed by atoms with Crippen LogP contribution in [0, 0.1) is 0 Å². The fourth-order valence-electron chi connectivity index (χ4n) is 2.27. The quantitative estimate of drug-likeness (QED) is 0.754. The Balaban J connectivity index is 1.76. The van der Waals surface area contributed by atoms with Crippen molar-refractivity contribution in [1.29, 1.82) is 0 Å². The van der Waals surface area contributed by atoms with Crippen LogP contribution in [0.5, 0.6) is 5.75 Å². The van der Waals surface area contributed by atoms with Crippen LogP contribution >= 0.6 is 0 Å². The van der Waals surface area contributed by atoms with Crippen molar-refractivity contribution >= 4 is 5.69 Å². The van der Waals surface area contributed by atoms with Gasteiger partial charge in [0, 0.05) is 12.2 Å². The molecule has 0 aliphatic carbocycles. The Morgan fingerprint density at radius 3 is 2.09 bits per heavy atom. The van der Waals surface area contributed by atoms with E-state index in [4.69, 9.17) is 4.74 Å². The molecule has 1 N–H and O–H groups in total. The lowest BCUT2D eigenvalue weighted by atomic mass is 9.87. The second kappa shape index (κ2) is 7.35. The Bertz CT molecular complexity index is 564. The minimum atomic E-state index is 0.185. The van der Waals surface area contributed by atoms with Gasteiger partial charge in [0.05, 0.1) is 0 Å². The number of rotatable bonds is 6. The maximum absolute atomic E-state index is 5.78. The van der Waals surface area contributed by atoms with Crippen molar-refractivity contribution in [2.45, 2.75) is 39.5 Å². The van der Waals surface area contributed by atoms with E-state index < -0.39 is 0 Å². The molecule has 0 amide bonds. The van der Waals surface area contributed by atoms with E-state index in [9.17, 15) is 0 Å². The maximum atomic E-state index is 5.78. The van der Waals surface area contributed by atoms with Crippen molar-refractivity contribution < 1.29 is 4.74 Å². The van der Waals surface area contributed by atoms with Gasteiger partial charge in [0.15, 0.2) is 0 Å². The number of benzene rings is 2. The lowest BCUT2D eigenvalue weighted by Gasteiger charge is -2.19. The first kappa shape index (κ1) is 16.4. The van der Waals surface area contributed by atoms with E-state index in [0.29, 0.717) is 6.61 Å². The molecule has 0 radical (unpaired) electrons. The summed E-state index contributed by atoms with van der Waals surface area (Å²) in [4.78, 5) is 0. The van der Waals surface area contributed by atoms with Gasteiger partial charge in [-0.25, -0.2) is 0 Å². The summed E-state index contributed by atoms with van der Waals surface area (Å²) in [5, 5.41) is 3.38. The number of hydrogen-bond donors (Lipinski definition) is 1. The molecule has 0 bridgehead atoms. The summed E-state index contributed by atoms with van der Waals surface area (Å²) in [7, 11) is 0. The third kappa shape index (κ3) is 4.80. The molecule has 0 spiro atoms. The number of ether oxygens (including phenoxy) is 1. The highest BCUT2D eigenvalue weighted by atomic mass is 16.5. The SMILES string of the molecule is CCc1ccc(NCCOc2ccc(C(C)(C)C)cc2)cc1. The zero-order chi connectivity index (χ0) is 16.0. The van der Waals surface area contributed by atoms with Crippen LogP contribution in [0.15, 0.2) is 48.5 Å². The topological polar surface area (TPSA) is 21.3 Å². The van der Waals surface area contributed by atoms with Gasteiger partial charge in [0.2, 0.25) is 0 Å². The van der Waals surface area contributed by atoms with Crippen LogP contribution in [-0.4, -0.2) is 13.2 Å². The van der Waals surface area contributed by atoms with Crippen molar-refractivity contribution in [2.24, 2.45) is 0 Å². The lowest BCUT2D eigenvalue weighted by molar-refractivity contribution is 0.332. The Morgan fingerprint density at radius 1 is 0.909 bits per heavy atom. The van der Waals surface area contributed by atoms with Gasteiger partial charge in [-0.05, 0) is 47.2 Å². The molecule has 2 aromatic carbocycles. The summed E-state index contributed by atoms with van der Waals surface area (Å²) < 4.78 is 5.78. The van der Waals surface area contributed by atoms with Gasteiger partial charge in [-0.1, -0.05) is 52.0 Å². The van der Waals surface area contributed by atoms with Crippen molar-refractivity contribution in [1.82, 2.24) is 0 Å². The molecule has 0 atom stereocenters. The molecule has 0 aliphatic rings. The van der Waals surface area contributed by atoms with Crippen molar-refractivity contribution in [3.8, 4) is 5.75 Å². The molecule has 2 heteroatoms. The number of hydrogen-bond acceptors (Lipinski definition) is 2. The molecule has 0 saturated heterocycles. The molecule has 2 aromatic rings. The highest BCUT2D eigenvalue weighted by Crippen LogP contribution is 2.24. The Morgan fingerprint density at radius 2 is 1.55 bits per heavy atom. The lowest BCUT2D eigenvalue weighted by Crippen LogP contribution is -2.12. The van der Waals surface area contributed by atoms with E-state index in [1.165, 1.54) is 11.1 Å². The van der Waals surface area contributed by atoms with E-state index in [0.717, 1.165) is 24.4 Å². The molecular weight excluding hydrogens is 270 g/mol. The molecule has 0 unspecified atom stereocenters. The predicted octanol–water partition coefficient (Wildman–Crippen LogP) is 5.04. The van der Waals surface area contributed by atoms with Gasteiger partial charge in [0.1, 0.15) is 12.4 Å². The van der Waals surface area contributed by atoms with Gasteiger partial charge in [-0.3, -0.25) is 0 Å². The molecule has 0 aromatic heterocycles. The Labute approximate surface area is 134 Å². The maximum Gasteiger partial charge on any atom is 0.119 e. The molecule has 118 valence electrons. The summed E-state index contributed by atoms with van der Waals surface area (Å²) in [6.45, 7) is 10.3. The summed E-state index contributed by atoms with van der Waals surface area (Å²) in [5.74, 6) is 0.927. The molecule has 0 aliphatic heterocycles. The molecule has 2 rings (SSSR count). The van der Waals surface area contributed by atoms with E-state index >= 15 is 0 Å². The van der Waals surface area contributed by atoms with Crippen LogP contribution in [-0.2, 0) is 11.8 Å². The normalized spacial score (nSPS) is 11.3. The number of aryl methyl sites for hydroxylation is 1. The van der Waals surface area contributed by atoms with Gasteiger partial charge < -0.3 is 10.1 Å². The monoisotopic (exact) mass is 297 g/mol. The molecule has 0 fully saturated rings. The third-order valence-corrected chi connectivity index (χ3v) is 3.78. The van der Waals surface area contributed by atoms with Crippen molar-refractivity contribution in [3.63, 3.8) is 0 Å². The van der Waals surface area contributed by atoms with Crippen LogP contribution in [0.3, 0.4) is 0 Å². The van der Waals surface area contributed by atoms with Gasteiger partial charge in [0.25, 0.3) is 0 Å². The standard InChI is InChI=1S/C20H27NO/c1-5-16-6-10-18(11-7-16)21-14-15-22-19-12-8-17(9-13-19)20(2,3)4/h6-13,21H,5,14-15H2,1-4H3. The largest absolute Gasteiger partial charge is 0.492 e. The van der Waals surface area contributed by atoms with Gasteiger partial charge in [-0.15, -0.1) is 0 Å².